The van der Waals surface area contributed by atoms with Crippen molar-refractivity contribution in [2.45, 2.75) is 50.4 Å². The molecule has 0 radical (unpaired) electrons. The van der Waals surface area contributed by atoms with E-state index in [1.165, 1.54) is 0 Å². The van der Waals surface area contributed by atoms with Crippen molar-refractivity contribution in [3.63, 3.8) is 0 Å². The lowest BCUT2D eigenvalue weighted by Gasteiger charge is -2.22. The smallest absolute Gasteiger partial charge is 0.288 e. The zero-order chi connectivity index (χ0) is 14.2. The van der Waals surface area contributed by atoms with Gasteiger partial charge >= 0.3 is 5.92 Å². The first-order chi connectivity index (χ1) is 9.62. The highest BCUT2D eigenvalue weighted by molar-refractivity contribution is 6.05. The molecule has 0 saturated heterocycles. The molecule has 1 atom stereocenters. The Morgan fingerprint density at radius 3 is 2.30 bits per heavy atom. The lowest BCUT2D eigenvalue weighted by molar-refractivity contribution is -0.138. The molecule has 0 saturated carbocycles. The summed E-state index contributed by atoms with van der Waals surface area (Å²) < 4.78 is 28.9. The quantitative estimate of drug-likeness (QED) is 0.730. The summed E-state index contributed by atoms with van der Waals surface area (Å²) in [6.07, 6.45) is 5.01. The number of benzene rings is 1. The molecular weight excluding hydrogens is 258 g/mol. The number of rotatable bonds is 1. The molecule has 0 amide bonds. The second-order valence-corrected chi connectivity index (χ2v) is 5.71. The van der Waals surface area contributed by atoms with Crippen LogP contribution in [0.15, 0.2) is 41.5 Å². The molecule has 1 unspecified atom stereocenters. The van der Waals surface area contributed by atoms with Gasteiger partial charge in [0.2, 0.25) is 5.78 Å². The van der Waals surface area contributed by atoms with Crippen LogP contribution in [0.2, 0.25) is 0 Å². The van der Waals surface area contributed by atoms with Crippen molar-refractivity contribution in [2.75, 3.05) is 0 Å². The number of ketones is 1. The summed E-state index contributed by atoms with van der Waals surface area (Å²) in [5.74, 6) is -5.23. The van der Waals surface area contributed by atoms with Crippen molar-refractivity contribution in [1.82, 2.24) is 0 Å². The number of carbonyl (C=O) groups excluding carboxylic acids is 1. The van der Waals surface area contributed by atoms with Crippen LogP contribution < -0.4 is 0 Å². The van der Waals surface area contributed by atoms with Gasteiger partial charge in [-0.2, -0.15) is 8.78 Å². The summed E-state index contributed by atoms with van der Waals surface area (Å²) in [6.45, 7) is 0. The maximum atomic E-state index is 14.5. The molecule has 0 N–H and O–H groups in total. The van der Waals surface area contributed by atoms with E-state index in [4.69, 9.17) is 0 Å². The maximum Gasteiger partial charge on any atom is 0.319 e. The first kappa shape index (κ1) is 13.5. The molecule has 20 heavy (non-hydrogen) atoms. The van der Waals surface area contributed by atoms with Gasteiger partial charge in [0.25, 0.3) is 0 Å². The maximum absolute atomic E-state index is 14.5. The zero-order valence-corrected chi connectivity index (χ0v) is 11.4. The van der Waals surface area contributed by atoms with Crippen LogP contribution in [0.5, 0.6) is 0 Å². The van der Waals surface area contributed by atoms with Crippen LogP contribution in [0.3, 0.4) is 0 Å². The lowest BCUT2D eigenvalue weighted by Crippen LogP contribution is -2.31. The molecular formula is C17H18F2O. The molecule has 0 aromatic heterocycles. The molecule has 0 bridgehead atoms. The highest BCUT2D eigenvalue weighted by Crippen LogP contribution is 2.51. The first-order valence-electron chi connectivity index (χ1n) is 7.32. The molecule has 2 aliphatic carbocycles. The Bertz CT molecular complexity index is 545. The molecule has 106 valence electrons. The van der Waals surface area contributed by atoms with Crippen molar-refractivity contribution in [2.24, 2.45) is 0 Å². The van der Waals surface area contributed by atoms with Gasteiger partial charge in [-0.05, 0) is 36.8 Å². The summed E-state index contributed by atoms with van der Waals surface area (Å²) in [5, 5.41) is 0. The Labute approximate surface area is 117 Å². The fourth-order valence-electron chi connectivity index (χ4n) is 3.47. The summed E-state index contributed by atoms with van der Waals surface area (Å²) in [4.78, 5) is 12.1. The lowest BCUT2D eigenvalue weighted by atomic mass is 9.86. The number of carbonyl (C=O) groups is 1. The van der Waals surface area contributed by atoms with Crippen LogP contribution in [0, 0.1) is 0 Å². The topological polar surface area (TPSA) is 17.1 Å². The highest BCUT2D eigenvalue weighted by Gasteiger charge is 2.56. The van der Waals surface area contributed by atoms with E-state index in [-0.39, 0.29) is 0 Å². The molecule has 3 rings (SSSR count). The van der Waals surface area contributed by atoms with Gasteiger partial charge in [-0.3, -0.25) is 4.79 Å². The van der Waals surface area contributed by atoms with Crippen LogP contribution in [0.4, 0.5) is 8.78 Å². The van der Waals surface area contributed by atoms with Crippen molar-refractivity contribution in [1.29, 1.82) is 0 Å². The van der Waals surface area contributed by atoms with Gasteiger partial charge in [-0.25, -0.2) is 0 Å². The van der Waals surface area contributed by atoms with Crippen molar-refractivity contribution in [3.8, 4) is 0 Å². The van der Waals surface area contributed by atoms with E-state index >= 15 is 0 Å². The zero-order valence-electron chi connectivity index (χ0n) is 11.4. The Morgan fingerprint density at radius 1 is 0.950 bits per heavy atom. The molecule has 1 aromatic carbocycles. The van der Waals surface area contributed by atoms with Crippen molar-refractivity contribution < 1.29 is 13.6 Å². The molecule has 0 heterocycles. The number of Topliss-reactive ketones (excluding diaryl/α,β-unsaturated/α-hetero) is 1. The Kier molecular flexibility index (Phi) is 3.45. The molecule has 1 aromatic rings. The first-order valence-corrected chi connectivity index (χ1v) is 7.32. The Balaban J connectivity index is 2.08. The van der Waals surface area contributed by atoms with E-state index in [0.29, 0.717) is 29.6 Å². The van der Waals surface area contributed by atoms with Gasteiger partial charge in [0.05, 0.1) is 5.92 Å². The molecule has 2 aliphatic rings. The third kappa shape index (κ3) is 2.09. The Hall–Kier alpha value is -1.51. The number of hydrogen-bond acceptors (Lipinski definition) is 1. The van der Waals surface area contributed by atoms with Crippen molar-refractivity contribution >= 4 is 5.78 Å². The summed E-state index contributed by atoms with van der Waals surface area (Å²) in [5.41, 5.74) is 1.69. The van der Waals surface area contributed by atoms with Crippen LogP contribution in [0.25, 0.3) is 0 Å². The van der Waals surface area contributed by atoms with E-state index in [0.717, 1.165) is 25.7 Å². The predicted molar refractivity (Wildman–Crippen MR) is 73.9 cm³/mol. The molecule has 0 spiro atoms. The van der Waals surface area contributed by atoms with Gasteiger partial charge in [0.1, 0.15) is 0 Å². The van der Waals surface area contributed by atoms with E-state index in [1.54, 1.807) is 24.3 Å². The van der Waals surface area contributed by atoms with E-state index < -0.39 is 17.6 Å². The van der Waals surface area contributed by atoms with Gasteiger partial charge in [-0.1, -0.05) is 43.2 Å². The van der Waals surface area contributed by atoms with E-state index in [2.05, 4.69) is 0 Å². The largest absolute Gasteiger partial charge is 0.319 e. The number of halogens is 2. The Morgan fingerprint density at radius 2 is 1.60 bits per heavy atom. The van der Waals surface area contributed by atoms with Gasteiger partial charge in [0, 0.05) is 5.57 Å². The van der Waals surface area contributed by atoms with Gasteiger partial charge in [-0.15, -0.1) is 0 Å². The average molecular weight is 276 g/mol. The number of hydrogen-bond donors (Lipinski definition) is 0. The average Bonchev–Trinajstić information content (AvgIpc) is 2.59. The molecule has 3 heteroatoms. The van der Waals surface area contributed by atoms with Gasteiger partial charge < -0.3 is 0 Å². The SMILES string of the molecule is O=C1C2=C(CCCCCC2)C(c2ccccc2)C1(F)F. The minimum absolute atomic E-state index is 0.420. The van der Waals surface area contributed by atoms with E-state index in [9.17, 15) is 13.6 Å². The number of alkyl halides is 2. The highest BCUT2D eigenvalue weighted by atomic mass is 19.3. The van der Waals surface area contributed by atoms with Gasteiger partial charge in [0.15, 0.2) is 0 Å². The fraction of sp³-hybridized carbons (Fsp3) is 0.471. The summed E-state index contributed by atoms with van der Waals surface area (Å²) in [7, 11) is 0. The van der Waals surface area contributed by atoms with Crippen LogP contribution in [-0.2, 0) is 4.79 Å². The molecule has 1 nitrogen and oxygen atoms in total. The second kappa shape index (κ2) is 5.12. The van der Waals surface area contributed by atoms with Crippen LogP contribution >= 0.6 is 0 Å². The second-order valence-electron chi connectivity index (χ2n) is 5.71. The van der Waals surface area contributed by atoms with Crippen molar-refractivity contribution in [3.05, 3.63) is 47.0 Å². The fourth-order valence-corrected chi connectivity index (χ4v) is 3.47. The van der Waals surface area contributed by atoms with Crippen LogP contribution in [0.1, 0.15) is 50.0 Å². The third-order valence-electron chi connectivity index (χ3n) is 4.43. The normalized spacial score (nSPS) is 26.1. The minimum Gasteiger partial charge on any atom is -0.288 e. The van der Waals surface area contributed by atoms with E-state index in [1.807, 2.05) is 6.07 Å². The number of allylic oxidation sites excluding steroid dienone is 2. The minimum atomic E-state index is -3.27. The molecule has 0 aliphatic heterocycles. The standard InChI is InChI=1S/C17H18F2O/c18-17(19)15(12-8-4-3-5-9-12)13-10-6-1-2-7-11-14(13)16(17)20/h3-5,8-9,15H,1-2,6-7,10-11H2. The molecule has 0 fully saturated rings. The predicted octanol–water partition coefficient (Wildman–Crippen LogP) is 4.64. The third-order valence-corrected chi connectivity index (χ3v) is 4.43. The van der Waals surface area contributed by atoms with Crippen LogP contribution in [-0.4, -0.2) is 11.7 Å². The monoisotopic (exact) mass is 276 g/mol. The summed E-state index contributed by atoms with van der Waals surface area (Å²) in [6, 6.07) is 8.75. The summed E-state index contributed by atoms with van der Waals surface area (Å²) >= 11 is 0.